The molecule has 0 atom stereocenters. The van der Waals surface area contributed by atoms with Crippen LogP contribution in [0.2, 0.25) is 39.3 Å². The number of hydrogen-bond acceptors (Lipinski definition) is 3. The van der Waals surface area contributed by atoms with E-state index in [1.807, 2.05) is 11.3 Å². The minimum Gasteiger partial charge on any atom is -0.311 e. The fourth-order valence-corrected chi connectivity index (χ4v) is 14.2. The number of nitrogens with zero attached hydrogens (tertiary/aromatic N) is 2. The van der Waals surface area contributed by atoms with Crippen LogP contribution in [0.5, 0.6) is 0 Å². The average molecular weight is 1040 g/mol. The van der Waals surface area contributed by atoms with Crippen molar-refractivity contribution in [2.45, 2.75) is 39.3 Å². The van der Waals surface area contributed by atoms with E-state index in [0.717, 1.165) is 34.1 Å². The first kappa shape index (κ1) is 49.5. The lowest BCUT2D eigenvalue weighted by atomic mass is 9.84. The van der Waals surface area contributed by atoms with Gasteiger partial charge >= 0.3 is 0 Å². The van der Waals surface area contributed by atoms with Crippen molar-refractivity contribution < 1.29 is 0 Å². The van der Waals surface area contributed by atoms with E-state index in [9.17, 15) is 0 Å². The normalized spacial score (nSPS) is 11.8. The first-order valence-corrected chi connectivity index (χ1v) is 34.6. The third kappa shape index (κ3) is 10.0. The van der Waals surface area contributed by atoms with Crippen LogP contribution in [0.3, 0.4) is 0 Å². The van der Waals surface area contributed by atoms with Crippen molar-refractivity contribution in [3.63, 3.8) is 0 Å². The first-order chi connectivity index (χ1) is 37.4. The van der Waals surface area contributed by atoms with Gasteiger partial charge in [0.25, 0.3) is 0 Å². The van der Waals surface area contributed by atoms with Gasteiger partial charge in [-0.3, -0.25) is 0 Å². The van der Waals surface area contributed by atoms with E-state index in [-0.39, 0.29) is 0 Å². The molecule has 1 aromatic heterocycles. The average Bonchev–Trinajstić information content (AvgIpc) is 3.99. The Morgan fingerprint density at radius 3 is 1.05 bits per heavy atom. The molecule has 11 aromatic carbocycles. The molecule has 0 unspecified atom stereocenters. The van der Waals surface area contributed by atoms with Gasteiger partial charge in [0.05, 0.1) is 16.1 Å². The number of hydrogen-bond donors (Lipinski definition) is 0. The first-order valence-electron chi connectivity index (χ1n) is 26.8. The number of anilines is 6. The molecule has 0 amide bonds. The molecular formula is C72H62N2SSi2. The van der Waals surface area contributed by atoms with E-state index in [1.54, 1.807) is 0 Å². The van der Waals surface area contributed by atoms with Crippen molar-refractivity contribution in [2.75, 3.05) is 9.80 Å². The molecule has 0 saturated carbocycles. The second-order valence-electron chi connectivity index (χ2n) is 22.2. The number of rotatable bonds is 13. The largest absolute Gasteiger partial charge is 0.311 e. The molecule has 374 valence electrons. The molecule has 0 spiro atoms. The Morgan fingerprint density at radius 1 is 0.247 bits per heavy atom. The number of fused-ring (bicyclic) bond motifs is 2. The maximum absolute atomic E-state index is 2.45. The Bertz CT molecular complexity index is 4010. The zero-order valence-corrected chi connectivity index (χ0v) is 47.5. The summed E-state index contributed by atoms with van der Waals surface area (Å²) in [6.45, 7) is 14.5. The summed E-state index contributed by atoms with van der Waals surface area (Å²) in [6, 6.07) is 99.0. The van der Waals surface area contributed by atoms with Gasteiger partial charge in [0, 0.05) is 43.9 Å². The summed E-state index contributed by atoms with van der Waals surface area (Å²) in [5.74, 6) is 0. The van der Waals surface area contributed by atoms with Crippen LogP contribution in [0, 0.1) is 0 Å². The van der Waals surface area contributed by atoms with Gasteiger partial charge in [0.15, 0.2) is 0 Å². The number of thiophene rings is 1. The quantitative estimate of drug-likeness (QED) is 0.0839. The molecule has 0 saturated heterocycles. The topological polar surface area (TPSA) is 6.48 Å². The van der Waals surface area contributed by atoms with Crippen molar-refractivity contribution in [1.82, 2.24) is 0 Å². The highest BCUT2D eigenvalue weighted by Crippen LogP contribution is 2.47. The van der Waals surface area contributed by atoms with Crippen molar-refractivity contribution in [3.8, 4) is 54.3 Å². The van der Waals surface area contributed by atoms with Crippen LogP contribution in [-0.2, 0) is 0 Å². The van der Waals surface area contributed by atoms with Gasteiger partial charge < -0.3 is 9.80 Å². The Kier molecular flexibility index (Phi) is 13.3. The van der Waals surface area contributed by atoms with Crippen molar-refractivity contribution in [2.24, 2.45) is 0 Å². The van der Waals surface area contributed by atoms with Crippen LogP contribution in [0.15, 0.2) is 267 Å². The van der Waals surface area contributed by atoms with Crippen LogP contribution < -0.4 is 20.2 Å². The van der Waals surface area contributed by atoms with Crippen LogP contribution in [-0.4, -0.2) is 16.1 Å². The maximum atomic E-state index is 2.45. The Balaban J connectivity index is 1.01. The molecule has 0 aliphatic rings. The summed E-state index contributed by atoms with van der Waals surface area (Å²) in [5.41, 5.74) is 16.5. The molecule has 77 heavy (non-hydrogen) atoms. The molecule has 0 radical (unpaired) electrons. The van der Waals surface area contributed by atoms with Crippen molar-refractivity contribution >= 4 is 93.5 Å². The van der Waals surface area contributed by atoms with Crippen molar-refractivity contribution in [1.29, 1.82) is 0 Å². The number of para-hydroxylation sites is 2. The molecule has 12 aromatic rings. The summed E-state index contributed by atoms with van der Waals surface area (Å²) < 4.78 is 0. The second kappa shape index (κ2) is 20.7. The summed E-state index contributed by atoms with van der Waals surface area (Å²) in [6.07, 6.45) is 0. The van der Waals surface area contributed by atoms with Crippen LogP contribution in [0.4, 0.5) is 34.1 Å². The van der Waals surface area contributed by atoms with E-state index in [2.05, 4.69) is 316 Å². The van der Waals surface area contributed by atoms with E-state index in [4.69, 9.17) is 0 Å². The van der Waals surface area contributed by atoms with E-state index < -0.39 is 16.1 Å². The highest BCUT2D eigenvalue weighted by molar-refractivity contribution is 7.18. The molecular weight excluding hydrogens is 981 g/mol. The van der Waals surface area contributed by atoms with Crippen LogP contribution in [0.1, 0.15) is 0 Å². The van der Waals surface area contributed by atoms with E-state index in [1.165, 1.54) is 86.2 Å². The van der Waals surface area contributed by atoms with Gasteiger partial charge in [-0.2, -0.15) is 0 Å². The second-order valence-corrected chi connectivity index (χ2v) is 33.4. The zero-order valence-electron chi connectivity index (χ0n) is 44.7. The van der Waals surface area contributed by atoms with Crippen molar-refractivity contribution in [3.05, 3.63) is 267 Å². The predicted octanol–water partition coefficient (Wildman–Crippen LogP) is 20.4. The summed E-state index contributed by atoms with van der Waals surface area (Å²) >= 11 is 1.85. The van der Waals surface area contributed by atoms with Crippen LogP contribution >= 0.6 is 11.3 Å². The molecule has 0 aliphatic heterocycles. The highest BCUT2D eigenvalue weighted by Gasteiger charge is 2.23. The molecule has 0 bridgehead atoms. The molecule has 12 rings (SSSR count). The molecule has 0 fully saturated rings. The fourth-order valence-electron chi connectivity index (χ4n) is 10.9. The minimum absolute atomic E-state index is 1.11. The lowest BCUT2D eigenvalue weighted by Gasteiger charge is -2.27. The lowest BCUT2D eigenvalue weighted by molar-refractivity contribution is 1.28. The Labute approximate surface area is 460 Å². The SMILES string of the molecule is C[Si](C)(C)c1ccc(N(c2ccccc2)c2ccc(-c3c4ccccc4c(-c4ccc(N(c5ccccc5)c5ccc([Si](C)(C)C)cc5)cc4)c4cc(-c5cccc(-c6ccc(-c7ccccc7)s6)c5)ccc34)cc2)cc1. The summed E-state index contributed by atoms with van der Waals surface area (Å²) in [7, 11) is -2.95. The molecule has 2 nitrogen and oxygen atoms in total. The summed E-state index contributed by atoms with van der Waals surface area (Å²) in [4.78, 5) is 7.29. The smallest absolute Gasteiger partial charge is 0.0775 e. The van der Waals surface area contributed by atoms with E-state index in [0.29, 0.717) is 0 Å². The Hall–Kier alpha value is -8.33. The summed E-state index contributed by atoms with van der Waals surface area (Å²) in [5, 5.41) is 7.79. The van der Waals surface area contributed by atoms with Gasteiger partial charge in [-0.05, 0) is 163 Å². The minimum atomic E-state index is -1.48. The van der Waals surface area contributed by atoms with Gasteiger partial charge in [-0.15, -0.1) is 11.3 Å². The highest BCUT2D eigenvalue weighted by atomic mass is 32.1. The molecule has 5 heteroatoms. The number of benzene rings is 11. The maximum Gasteiger partial charge on any atom is 0.0775 e. The third-order valence-electron chi connectivity index (χ3n) is 15.0. The Morgan fingerprint density at radius 2 is 0.584 bits per heavy atom. The molecule has 1 heterocycles. The predicted molar refractivity (Wildman–Crippen MR) is 342 cm³/mol. The van der Waals surface area contributed by atoms with Crippen LogP contribution in [0.25, 0.3) is 75.8 Å². The lowest BCUT2D eigenvalue weighted by Crippen LogP contribution is -2.37. The van der Waals surface area contributed by atoms with Gasteiger partial charge in [0.2, 0.25) is 0 Å². The van der Waals surface area contributed by atoms with E-state index >= 15 is 0 Å². The van der Waals surface area contributed by atoms with Gasteiger partial charge in [-0.1, -0.05) is 220 Å². The molecule has 0 aliphatic carbocycles. The standard InChI is InChI=1S/C72H62N2SSi2/c1-76(2,3)63-42-38-61(39-43-63)73(57-23-12-8-13-24-57)59-34-29-52(30-35-59)71-65-27-16-17-28-66(65)72(53-31-36-60(37-32-53)74(58-25-14-9-15-26-58)62-40-44-64(45-41-62)77(4,5)6)68-50-55(33-46-67(68)71)54-21-18-22-56(49-54)70-48-47-69(75-70)51-19-10-7-11-20-51/h7-50H,1-6H3. The monoisotopic (exact) mass is 1040 g/mol. The molecule has 0 N–H and O–H groups in total. The fraction of sp³-hybridized carbons (Fsp3) is 0.0833. The third-order valence-corrected chi connectivity index (χ3v) is 20.3. The van der Waals surface area contributed by atoms with Gasteiger partial charge in [0.1, 0.15) is 0 Å². The van der Waals surface area contributed by atoms with Gasteiger partial charge in [-0.25, -0.2) is 0 Å². The zero-order chi connectivity index (χ0) is 52.7.